The van der Waals surface area contributed by atoms with E-state index in [0.29, 0.717) is 0 Å². The van der Waals surface area contributed by atoms with Crippen molar-refractivity contribution in [3.63, 3.8) is 0 Å². The van der Waals surface area contributed by atoms with Crippen LogP contribution in [0, 0.1) is 0 Å². The van der Waals surface area contributed by atoms with Crippen LogP contribution in [0.1, 0.15) is 14.4 Å². The molecule has 1 saturated heterocycles. The van der Waals surface area contributed by atoms with Crippen molar-refractivity contribution in [1.29, 1.82) is 0 Å². The molecular weight excluding hydrogens is 116 g/mol. The first-order valence-electron chi connectivity index (χ1n) is 2.99. The van der Waals surface area contributed by atoms with E-state index >= 15 is 0 Å². The smallest absolute Gasteiger partial charge is 0.0755 e. The fraction of sp³-hybridized carbons (Fsp3) is 1.00. The van der Waals surface area contributed by atoms with E-state index < -0.39 is 0 Å². The zero-order valence-electron chi connectivity index (χ0n) is 5.17. The van der Waals surface area contributed by atoms with Gasteiger partial charge in [0.1, 0.15) is 0 Å². The molecule has 3 nitrogen and oxygen atoms in total. The lowest BCUT2D eigenvalue weighted by Crippen LogP contribution is -2.22. The van der Waals surface area contributed by atoms with Crippen LogP contribution in [0.5, 0.6) is 0 Å². The highest BCUT2D eigenvalue weighted by Gasteiger charge is 2.14. The van der Waals surface area contributed by atoms with Crippen LogP contribution in [-0.4, -0.2) is 41.5 Å². The monoisotopic (exact) mass is 132 g/mol. The molecule has 1 N–H and O–H groups in total. The number of hydroxylamine groups is 2. The Balaban J connectivity index is 0.000000640. The molecule has 0 aromatic rings. The molecule has 3 heteroatoms. The lowest BCUT2D eigenvalue weighted by molar-refractivity contribution is -0.0802. The van der Waals surface area contributed by atoms with Crippen molar-refractivity contribution in [1.82, 2.24) is 9.96 Å². The van der Waals surface area contributed by atoms with Crippen LogP contribution in [0.2, 0.25) is 0 Å². The zero-order chi connectivity index (χ0) is 5.98. The van der Waals surface area contributed by atoms with Gasteiger partial charge in [-0.15, -0.1) is 0 Å². The third-order valence-corrected chi connectivity index (χ3v) is 1.48. The van der Waals surface area contributed by atoms with Crippen molar-refractivity contribution in [2.45, 2.75) is 14.4 Å². The summed E-state index contributed by atoms with van der Waals surface area (Å²) in [5, 5.41) is 10.2. The average molecular weight is 132 g/mol. The molecule has 0 aliphatic carbocycles. The van der Waals surface area contributed by atoms with E-state index in [1.54, 1.807) is 0 Å². The van der Waals surface area contributed by atoms with Crippen LogP contribution >= 0.6 is 0 Å². The van der Waals surface area contributed by atoms with E-state index in [2.05, 4.69) is 11.8 Å². The molecule has 0 aromatic carbocycles. The molecule has 0 spiro atoms. The van der Waals surface area contributed by atoms with E-state index in [-0.39, 0.29) is 7.43 Å². The predicted octanol–water partition coefficient (Wildman–Crippen LogP) is 0.607. The van der Waals surface area contributed by atoms with Gasteiger partial charge in [0, 0.05) is 13.1 Å². The lowest BCUT2D eigenvalue weighted by Gasteiger charge is -2.09. The normalized spacial score (nSPS) is 22.0. The molecule has 0 atom stereocenters. The third-order valence-electron chi connectivity index (χ3n) is 1.48. The van der Waals surface area contributed by atoms with Gasteiger partial charge in [-0.25, -0.2) is 0 Å². The highest BCUT2D eigenvalue weighted by Crippen LogP contribution is 1.98. The van der Waals surface area contributed by atoms with Crippen molar-refractivity contribution in [3.05, 3.63) is 0 Å². The van der Waals surface area contributed by atoms with Crippen LogP contribution in [0.25, 0.3) is 0 Å². The number of hydrogen-bond acceptors (Lipinski definition) is 3. The van der Waals surface area contributed by atoms with Crippen molar-refractivity contribution in [3.8, 4) is 0 Å². The molecule has 9 heavy (non-hydrogen) atoms. The molecule has 0 bridgehead atoms. The highest BCUT2D eigenvalue weighted by molar-refractivity contribution is 4.61. The van der Waals surface area contributed by atoms with Crippen LogP contribution in [0.15, 0.2) is 0 Å². The molecule has 0 saturated carbocycles. The molecule has 0 amide bonds. The average Bonchev–Trinajstić information content (AvgIpc) is 2.14. The molecule has 1 rings (SSSR count). The standard InChI is InChI=1S/C5H12N2O.CH4/c1-2-6-3-4-7(8)5-6;/h8H,2-5H2,1H3;1H4. The van der Waals surface area contributed by atoms with E-state index in [1.807, 2.05) is 0 Å². The van der Waals surface area contributed by atoms with Gasteiger partial charge in [0.15, 0.2) is 0 Å². The summed E-state index contributed by atoms with van der Waals surface area (Å²) >= 11 is 0. The highest BCUT2D eigenvalue weighted by atomic mass is 16.5. The van der Waals surface area contributed by atoms with Gasteiger partial charge >= 0.3 is 0 Å². The lowest BCUT2D eigenvalue weighted by atomic mass is 10.6. The Kier molecular flexibility index (Phi) is 3.77. The fourth-order valence-electron chi connectivity index (χ4n) is 0.887. The summed E-state index contributed by atoms with van der Waals surface area (Å²) in [7, 11) is 0. The molecule has 0 radical (unpaired) electrons. The summed E-state index contributed by atoms with van der Waals surface area (Å²) in [4.78, 5) is 2.18. The second kappa shape index (κ2) is 3.82. The number of nitrogens with zero attached hydrogens (tertiary/aromatic N) is 2. The maximum absolute atomic E-state index is 8.82. The van der Waals surface area contributed by atoms with Crippen molar-refractivity contribution in [2.24, 2.45) is 0 Å². The zero-order valence-corrected chi connectivity index (χ0v) is 5.17. The summed E-state index contributed by atoms with van der Waals surface area (Å²) in [5.74, 6) is 0. The SMILES string of the molecule is C.CCN1CCN(O)C1. The van der Waals surface area contributed by atoms with Crippen LogP contribution in [-0.2, 0) is 0 Å². The maximum Gasteiger partial charge on any atom is 0.0755 e. The molecule has 1 heterocycles. The number of hydrogen-bond donors (Lipinski definition) is 1. The molecular formula is C6H16N2O. The van der Waals surface area contributed by atoms with E-state index in [0.717, 1.165) is 26.3 Å². The Bertz CT molecular complexity index is 77.5. The molecule has 0 unspecified atom stereocenters. The Labute approximate surface area is 56.8 Å². The number of likely N-dealkylation sites (N-methyl/N-ethyl adjacent to an activating group) is 1. The van der Waals surface area contributed by atoms with Gasteiger partial charge < -0.3 is 5.21 Å². The molecule has 1 aliphatic heterocycles. The minimum absolute atomic E-state index is 0. The van der Waals surface area contributed by atoms with E-state index in [4.69, 9.17) is 5.21 Å². The third kappa shape index (κ3) is 2.30. The number of rotatable bonds is 1. The van der Waals surface area contributed by atoms with Gasteiger partial charge in [-0.1, -0.05) is 14.4 Å². The first-order valence-corrected chi connectivity index (χ1v) is 2.99. The second-order valence-corrected chi connectivity index (χ2v) is 2.08. The summed E-state index contributed by atoms with van der Waals surface area (Å²) < 4.78 is 0. The Morgan fingerprint density at radius 1 is 1.44 bits per heavy atom. The van der Waals surface area contributed by atoms with E-state index in [1.165, 1.54) is 5.06 Å². The maximum atomic E-state index is 8.82. The molecule has 1 fully saturated rings. The minimum Gasteiger partial charge on any atom is -0.313 e. The van der Waals surface area contributed by atoms with Crippen LogP contribution < -0.4 is 0 Å². The first kappa shape index (κ1) is 8.88. The summed E-state index contributed by atoms with van der Waals surface area (Å²) in [5.41, 5.74) is 0. The van der Waals surface area contributed by atoms with Crippen LogP contribution in [0.3, 0.4) is 0 Å². The van der Waals surface area contributed by atoms with Crippen molar-refractivity contribution in [2.75, 3.05) is 26.3 Å². The fourth-order valence-corrected chi connectivity index (χ4v) is 0.887. The van der Waals surface area contributed by atoms with Gasteiger partial charge in [0.2, 0.25) is 0 Å². The largest absolute Gasteiger partial charge is 0.313 e. The Hall–Kier alpha value is -0.120. The van der Waals surface area contributed by atoms with Crippen molar-refractivity contribution < 1.29 is 5.21 Å². The Morgan fingerprint density at radius 3 is 2.33 bits per heavy atom. The molecule has 56 valence electrons. The van der Waals surface area contributed by atoms with Crippen LogP contribution in [0.4, 0.5) is 0 Å². The van der Waals surface area contributed by atoms with Gasteiger partial charge in [-0.05, 0) is 6.54 Å². The summed E-state index contributed by atoms with van der Waals surface area (Å²) in [6.07, 6.45) is 0. The van der Waals surface area contributed by atoms with Gasteiger partial charge in [-0.2, -0.15) is 5.06 Å². The summed E-state index contributed by atoms with van der Waals surface area (Å²) in [6.45, 7) is 5.66. The molecule has 0 aromatic heterocycles. The minimum atomic E-state index is 0. The van der Waals surface area contributed by atoms with Gasteiger partial charge in [0.05, 0.1) is 6.67 Å². The summed E-state index contributed by atoms with van der Waals surface area (Å²) in [6, 6.07) is 0. The van der Waals surface area contributed by atoms with Crippen molar-refractivity contribution >= 4 is 0 Å². The van der Waals surface area contributed by atoms with E-state index in [9.17, 15) is 0 Å². The molecule has 1 aliphatic rings. The second-order valence-electron chi connectivity index (χ2n) is 2.08. The van der Waals surface area contributed by atoms with Gasteiger partial charge in [-0.3, -0.25) is 4.90 Å². The quantitative estimate of drug-likeness (QED) is 0.566. The topological polar surface area (TPSA) is 26.7 Å². The predicted molar refractivity (Wildman–Crippen MR) is 37.3 cm³/mol. The Morgan fingerprint density at radius 2 is 2.11 bits per heavy atom. The first-order chi connectivity index (χ1) is 3.83. The van der Waals surface area contributed by atoms with Gasteiger partial charge in [0.25, 0.3) is 0 Å².